The first-order chi connectivity index (χ1) is 13.6. The van der Waals surface area contributed by atoms with Gasteiger partial charge in [0.15, 0.2) is 5.13 Å². The molecule has 0 saturated carbocycles. The average Bonchev–Trinajstić information content (AvgIpc) is 3.00. The van der Waals surface area contributed by atoms with Crippen molar-refractivity contribution < 1.29 is 18.1 Å². The number of benzene rings is 2. The highest BCUT2D eigenvalue weighted by molar-refractivity contribution is 7.93. The minimum absolute atomic E-state index is 0.142. The Morgan fingerprint density at radius 1 is 1.21 bits per heavy atom. The zero-order valence-corrected chi connectivity index (χ0v) is 18.0. The first-order valence-electron chi connectivity index (χ1n) is 8.21. The van der Waals surface area contributed by atoms with Crippen LogP contribution in [0.2, 0.25) is 5.02 Å². The largest absolute Gasteiger partial charge is 0.496 e. The lowest BCUT2D eigenvalue weighted by molar-refractivity contribution is -0.384. The summed E-state index contributed by atoms with van der Waals surface area (Å²) in [4.78, 5) is 15.2. The highest BCUT2D eigenvalue weighted by atomic mass is 35.5. The zero-order chi connectivity index (χ0) is 21.3. The molecule has 8 nitrogen and oxygen atoms in total. The van der Waals surface area contributed by atoms with Crippen LogP contribution in [-0.2, 0) is 10.0 Å². The van der Waals surface area contributed by atoms with E-state index in [1.165, 1.54) is 23.5 Å². The fourth-order valence-corrected chi connectivity index (χ4v) is 4.98. The Morgan fingerprint density at radius 3 is 2.55 bits per heavy atom. The molecule has 0 atom stereocenters. The van der Waals surface area contributed by atoms with E-state index in [1.54, 1.807) is 7.11 Å². The van der Waals surface area contributed by atoms with Crippen LogP contribution in [0, 0.1) is 24.0 Å². The van der Waals surface area contributed by atoms with Gasteiger partial charge in [0.25, 0.3) is 15.7 Å². The number of aromatic nitrogens is 1. The summed E-state index contributed by atoms with van der Waals surface area (Å²) in [5.41, 5.74) is 1.90. The molecule has 0 amide bonds. The number of thiazole rings is 1. The van der Waals surface area contributed by atoms with Gasteiger partial charge in [-0.25, -0.2) is 13.4 Å². The summed E-state index contributed by atoms with van der Waals surface area (Å²) in [5, 5.41) is 11.0. The number of anilines is 1. The second-order valence-electron chi connectivity index (χ2n) is 6.08. The summed E-state index contributed by atoms with van der Waals surface area (Å²) < 4.78 is 32.9. The van der Waals surface area contributed by atoms with Crippen LogP contribution in [0.25, 0.3) is 11.3 Å². The number of sulfonamides is 1. The van der Waals surface area contributed by atoms with E-state index in [0.717, 1.165) is 27.8 Å². The number of rotatable bonds is 6. The Morgan fingerprint density at radius 2 is 1.93 bits per heavy atom. The second-order valence-corrected chi connectivity index (χ2v) is 9.38. The van der Waals surface area contributed by atoms with Crippen molar-refractivity contribution in [1.82, 2.24) is 4.98 Å². The van der Waals surface area contributed by atoms with Crippen LogP contribution in [0.3, 0.4) is 0 Å². The molecule has 0 spiro atoms. The topological polar surface area (TPSA) is 111 Å². The Kier molecular flexibility index (Phi) is 5.78. The van der Waals surface area contributed by atoms with Gasteiger partial charge in [-0.05, 0) is 49.7 Å². The Hall–Kier alpha value is -2.69. The van der Waals surface area contributed by atoms with Crippen molar-refractivity contribution in [2.24, 2.45) is 0 Å². The first-order valence-corrected chi connectivity index (χ1v) is 10.9. The molecule has 0 aliphatic carbocycles. The number of methoxy groups -OCH3 is 1. The first kappa shape index (κ1) is 21.0. The number of nitro benzene ring substituents is 1. The number of aryl methyl sites for hydroxylation is 2. The van der Waals surface area contributed by atoms with E-state index in [4.69, 9.17) is 16.3 Å². The highest BCUT2D eigenvalue weighted by Gasteiger charge is 2.22. The summed E-state index contributed by atoms with van der Waals surface area (Å²) in [6.45, 7) is 3.73. The number of ether oxygens (including phenoxy) is 1. The fraction of sp³-hybridized carbons (Fsp3) is 0.167. The lowest BCUT2D eigenvalue weighted by Crippen LogP contribution is -2.13. The molecule has 152 valence electrons. The van der Waals surface area contributed by atoms with Crippen molar-refractivity contribution >= 4 is 43.8 Å². The van der Waals surface area contributed by atoms with E-state index in [9.17, 15) is 18.5 Å². The third-order valence-electron chi connectivity index (χ3n) is 4.11. The summed E-state index contributed by atoms with van der Waals surface area (Å²) in [5.74, 6) is 0.742. The minimum atomic E-state index is -4.08. The molecule has 0 aliphatic rings. The van der Waals surface area contributed by atoms with Crippen LogP contribution < -0.4 is 9.46 Å². The van der Waals surface area contributed by atoms with Crippen molar-refractivity contribution in [3.05, 3.63) is 62.0 Å². The summed E-state index contributed by atoms with van der Waals surface area (Å²) >= 11 is 6.92. The molecule has 0 radical (unpaired) electrons. The van der Waals surface area contributed by atoms with E-state index in [1.807, 2.05) is 32.0 Å². The van der Waals surface area contributed by atoms with Gasteiger partial charge < -0.3 is 4.74 Å². The van der Waals surface area contributed by atoms with Crippen LogP contribution in [0.15, 0.2) is 41.3 Å². The number of hydrogen-bond donors (Lipinski definition) is 1. The van der Waals surface area contributed by atoms with E-state index in [-0.39, 0.29) is 15.0 Å². The van der Waals surface area contributed by atoms with Crippen LogP contribution in [0.4, 0.5) is 10.8 Å². The maximum Gasteiger partial charge on any atom is 0.289 e. The number of halogens is 1. The Bertz CT molecular complexity index is 1210. The zero-order valence-electron chi connectivity index (χ0n) is 15.6. The predicted molar refractivity (Wildman–Crippen MR) is 112 cm³/mol. The van der Waals surface area contributed by atoms with E-state index in [2.05, 4.69) is 9.71 Å². The van der Waals surface area contributed by atoms with E-state index < -0.39 is 20.6 Å². The van der Waals surface area contributed by atoms with Crippen LogP contribution >= 0.6 is 22.9 Å². The third kappa shape index (κ3) is 4.34. The third-order valence-corrected chi connectivity index (χ3v) is 6.78. The molecule has 2 aromatic carbocycles. The van der Waals surface area contributed by atoms with E-state index >= 15 is 0 Å². The molecular weight excluding hydrogens is 438 g/mol. The standard InChI is InChI=1S/C18H16ClN3O5S2/c1-10-8-12(4-7-16(10)27-3)17-11(2)28-18(20-17)21-29(25,26)13-5-6-14(19)15(9-13)22(23)24/h4-9H,1-3H3,(H,20,21). The van der Waals surface area contributed by atoms with E-state index in [0.29, 0.717) is 5.69 Å². The lowest BCUT2D eigenvalue weighted by atomic mass is 10.1. The van der Waals surface area contributed by atoms with Gasteiger partial charge in [0, 0.05) is 16.5 Å². The van der Waals surface area contributed by atoms with Gasteiger partial charge >= 0.3 is 0 Å². The second kappa shape index (κ2) is 7.97. The molecule has 3 rings (SSSR count). The number of nitrogens with one attached hydrogen (secondary N) is 1. The van der Waals surface area contributed by atoms with Crippen LogP contribution in [0.5, 0.6) is 5.75 Å². The van der Waals surface area contributed by atoms with Crippen molar-refractivity contribution in [2.45, 2.75) is 18.7 Å². The van der Waals surface area contributed by atoms with Gasteiger partial charge in [-0.3, -0.25) is 14.8 Å². The molecule has 3 aromatic rings. The molecule has 0 saturated heterocycles. The van der Waals surface area contributed by atoms with Gasteiger partial charge in [0.05, 0.1) is 22.6 Å². The molecule has 0 fully saturated rings. The predicted octanol–water partition coefficient (Wildman–Crippen LogP) is 4.80. The van der Waals surface area contributed by atoms with Gasteiger partial charge in [-0.15, -0.1) is 11.3 Å². The molecule has 1 aromatic heterocycles. The van der Waals surface area contributed by atoms with Crippen molar-refractivity contribution in [1.29, 1.82) is 0 Å². The average molecular weight is 454 g/mol. The van der Waals surface area contributed by atoms with Gasteiger partial charge in [-0.1, -0.05) is 11.6 Å². The maximum absolute atomic E-state index is 12.7. The van der Waals surface area contributed by atoms with Crippen molar-refractivity contribution in [2.75, 3.05) is 11.8 Å². The maximum atomic E-state index is 12.7. The molecule has 0 aliphatic heterocycles. The van der Waals surface area contributed by atoms with Gasteiger partial charge in [-0.2, -0.15) is 0 Å². The minimum Gasteiger partial charge on any atom is -0.496 e. The molecular formula is C18H16ClN3O5S2. The van der Waals surface area contributed by atoms with Crippen molar-refractivity contribution in [3.8, 4) is 17.0 Å². The molecule has 1 N–H and O–H groups in total. The SMILES string of the molecule is COc1ccc(-c2nc(NS(=O)(=O)c3ccc(Cl)c([N+](=O)[O-])c3)sc2C)cc1C. The van der Waals surface area contributed by atoms with Crippen LogP contribution in [0.1, 0.15) is 10.4 Å². The quantitative estimate of drug-likeness (QED) is 0.424. The van der Waals surface area contributed by atoms with Crippen molar-refractivity contribution in [3.63, 3.8) is 0 Å². The normalized spacial score (nSPS) is 11.3. The summed E-state index contributed by atoms with van der Waals surface area (Å²) in [6.07, 6.45) is 0. The number of nitrogens with zero attached hydrogens (tertiary/aromatic N) is 2. The summed E-state index contributed by atoms with van der Waals surface area (Å²) in [6, 6.07) is 8.86. The highest BCUT2D eigenvalue weighted by Crippen LogP contribution is 2.34. The number of nitro groups is 1. The number of hydrogen-bond acceptors (Lipinski definition) is 7. The Balaban J connectivity index is 1.93. The van der Waals surface area contributed by atoms with Gasteiger partial charge in [0.1, 0.15) is 10.8 Å². The lowest BCUT2D eigenvalue weighted by Gasteiger charge is -2.07. The molecule has 0 unspecified atom stereocenters. The Labute approximate surface area is 176 Å². The summed E-state index contributed by atoms with van der Waals surface area (Å²) in [7, 11) is -2.49. The fourth-order valence-electron chi connectivity index (χ4n) is 2.71. The molecule has 0 bridgehead atoms. The monoisotopic (exact) mass is 453 g/mol. The smallest absolute Gasteiger partial charge is 0.289 e. The van der Waals surface area contributed by atoms with Crippen LogP contribution in [-0.4, -0.2) is 25.4 Å². The molecule has 11 heteroatoms. The van der Waals surface area contributed by atoms with Gasteiger partial charge in [0.2, 0.25) is 0 Å². The molecule has 1 heterocycles. The molecule has 29 heavy (non-hydrogen) atoms.